The minimum Gasteiger partial charge on any atom is -0.497 e. The number of carbonyl (C=O) groups is 1. The SMILES string of the molecule is COc1ccc(-c2cc(C(F)F)nc3sc(C(N)=O)c(N)c23)cc1. The molecule has 3 aromatic rings. The van der Waals surface area contributed by atoms with Gasteiger partial charge in [0.15, 0.2) is 0 Å². The van der Waals surface area contributed by atoms with Gasteiger partial charge in [-0.3, -0.25) is 4.79 Å². The van der Waals surface area contributed by atoms with E-state index in [1.54, 1.807) is 24.3 Å². The molecule has 0 unspecified atom stereocenters. The summed E-state index contributed by atoms with van der Waals surface area (Å²) in [4.78, 5) is 15.8. The molecule has 0 aliphatic rings. The van der Waals surface area contributed by atoms with Crippen LogP contribution in [0.3, 0.4) is 0 Å². The summed E-state index contributed by atoms with van der Waals surface area (Å²) in [6.45, 7) is 0. The Bertz CT molecular complexity index is 923. The Morgan fingerprint density at radius 3 is 2.50 bits per heavy atom. The molecule has 1 amide bonds. The molecule has 124 valence electrons. The highest BCUT2D eigenvalue weighted by Gasteiger charge is 2.22. The molecule has 0 aliphatic carbocycles. The summed E-state index contributed by atoms with van der Waals surface area (Å²) < 4.78 is 31.4. The number of alkyl halides is 2. The number of primary amides is 1. The van der Waals surface area contributed by atoms with Crippen molar-refractivity contribution in [2.75, 3.05) is 12.8 Å². The van der Waals surface area contributed by atoms with Crippen LogP contribution in [0.5, 0.6) is 5.75 Å². The summed E-state index contributed by atoms with van der Waals surface area (Å²) >= 11 is 0.911. The maximum atomic E-state index is 13.2. The van der Waals surface area contributed by atoms with Crippen LogP contribution in [-0.2, 0) is 0 Å². The van der Waals surface area contributed by atoms with Crippen LogP contribution in [0.2, 0.25) is 0 Å². The predicted octanol–water partition coefficient (Wildman–Crippen LogP) is 3.59. The molecular formula is C16H13F2N3O2S. The van der Waals surface area contributed by atoms with E-state index in [4.69, 9.17) is 16.2 Å². The van der Waals surface area contributed by atoms with Gasteiger partial charge in [-0.25, -0.2) is 13.8 Å². The molecule has 0 atom stereocenters. The molecule has 2 heterocycles. The first-order valence-corrected chi connectivity index (χ1v) is 7.69. The van der Waals surface area contributed by atoms with Gasteiger partial charge < -0.3 is 16.2 Å². The van der Waals surface area contributed by atoms with Crippen molar-refractivity contribution >= 4 is 33.1 Å². The minimum atomic E-state index is -2.74. The molecule has 0 fully saturated rings. The number of halogens is 2. The first-order valence-electron chi connectivity index (χ1n) is 6.87. The number of anilines is 1. The number of fused-ring (bicyclic) bond motifs is 1. The van der Waals surface area contributed by atoms with Crippen LogP contribution >= 0.6 is 11.3 Å². The summed E-state index contributed by atoms with van der Waals surface area (Å²) in [5, 5.41) is 0.448. The van der Waals surface area contributed by atoms with Crippen molar-refractivity contribution in [3.8, 4) is 16.9 Å². The van der Waals surface area contributed by atoms with Crippen molar-refractivity contribution < 1.29 is 18.3 Å². The van der Waals surface area contributed by atoms with E-state index in [1.165, 1.54) is 13.2 Å². The summed E-state index contributed by atoms with van der Waals surface area (Å²) in [6, 6.07) is 8.15. The Morgan fingerprint density at radius 1 is 1.29 bits per heavy atom. The Balaban J connectivity index is 2.32. The first kappa shape index (κ1) is 16.1. The molecule has 24 heavy (non-hydrogen) atoms. The highest BCUT2D eigenvalue weighted by atomic mass is 32.1. The average Bonchev–Trinajstić information content (AvgIpc) is 2.91. The van der Waals surface area contributed by atoms with Crippen molar-refractivity contribution in [3.05, 3.63) is 40.9 Å². The fourth-order valence-electron chi connectivity index (χ4n) is 2.43. The van der Waals surface area contributed by atoms with E-state index in [-0.39, 0.29) is 21.1 Å². The van der Waals surface area contributed by atoms with Crippen LogP contribution in [0.1, 0.15) is 21.8 Å². The fraction of sp³-hybridized carbons (Fsp3) is 0.125. The molecule has 0 aliphatic heterocycles. The van der Waals surface area contributed by atoms with E-state index in [9.17, 15) is 13.6 Å². The lowest BCUT2D eigenvalue weighted by atomic mass is 10.0. The molecule has 5 nitrogen and oxygen atoms in total. The van der Waals surface area contributed by atoms with Gasteiger partial charge in [0.25, 0.3) is 12.3 Å². The first-order chi connectivity index (χ1) is 11.4. The number of carbonyl (C=O) groups excluding carboxylic acids is 1. The van der Waals surface area contributed by atoms with Gasteiger partial charge in [-0.15, -0.1) is 11.3 Å². The number of thiophene rings is 1. The lowest BCUT2D eigenvalue weighted by Gasteiger charge is -2.09. The van der Waals surface area contributed by atoms with Crippen molar-refractivity contribution in [1.82, 2.24) is 4.98 Å². The molecule has 4 N–H and O–H groups in total. The highest BCUT2D eigenvalue weighted by molar-refractivity contribution is 7.21. The van der Waals surface area contributed by atoms with Gasteiger partial charge in [-0.2, -0.15) is 0 Å². The molecule has 0 saturated heterocycles. The monoisotopic (exact) mass is 349 g/mol. The second kappa shape index (κ2) is 6.04. The van der Waals surface area contributed by atoms with Crippen LogP contribution in [0.4, 0.5) is 14.5 Å². The van der Waals surface area contributed by atoms with E-state index in [0.29, 0.717) is 22.3 Å². The molecule has 2 aromatic heterocycles. The van der Waals surface area contributed by atoms with Gasteiger partial charge in [0.1, 0.15) is 21.2 Å². The third-order valence-electron chi connectivity index (χ3n) is 3.57. The Labute approximate surface area is 139 Å². The zero-order chi connectivity index (χ0) is 17.4. The van der Waals surface area contributed by atoms with E-state index in [1.807, 2.05) is 0 Å². The second-order valence-corrected chi connectivity index (χ2v) is 6.01. The molecule has 0 saturated carbocycles. The van der Waals surface area contributed by atoms with Crippen molar-refractivity contribution in [3.63, 3.8) is 0 Å². The third-order valence-corrected chi connectivity index (χ3v) is 4.68. The largest absolute Gasteiger partial charge is 0.497 e. The minimum absolute atomic E-state index is 0.110. The number of hydrogen-bond donors (Lipinski definition) is 2. The summed E-state index contributed by atoms with van der Waals surface area (Å²) in [6.07, 6.45) is -2.74. The number of aromatic nitrogens is 1. The third kappa shape index (κ3) is 2.65. The molecule has 3 rings (SSSR count). The maximum Gasteiger partial charge on any atom is 0.280 e. The number of pyridine rings is 1. The molecule has 8 heteroatoms. The lowest BCUT2D eigenvalue weighted by Crippen LogP contribution is -2.10. The number of ether oxygens (including phenoxy) is 1. The van der Waals surface area contributed by atoms with Gasteiger partial charge in [0.2, 0.25) is 0 Å². The molecule has 0 radical (unpaired) electrons. The van der Waals surface area contributed by atoms with E-state index < -0.39 is 12.3 Å². The zero-order valence-electron chi connectivity index (χ0n) is 12.5. The number of methoxy groups -OCH3 is 1. The Hall–Kier alpha value is -2.74. The van der Waals surface area contributed by atoms with E-state index in [0.717, 1.165) is 11.3 Å². The number of nitrogens with two attached hydrogens (primary N) is 2. The predicted molar refractivity (Wildman–Crippen MR) is 89.5 cm³/mol. The van der Waals surface area contributed by atoms with Crippen molar-refractivity contribution in [2.24, 2.45) is 5.73 Å². The lowest BCUT2D eigenvalue weighted by molar-refractivity contribution is 0.100. The van der Waals surface area contributed by atoms with Gasteiger partial charge in [-0.1, -0.05) is 12.1 Å². The van der Waals surface area contributed by atoms with E-state index in [2.05, 4.69) is 4.98 Å². The number of nitrogens with zero attached hydrogens (tertiary/aromatic N) is 1. The highest BCUT2D eigenvalue weighted by Crippen LogP contribution is 2.41. The maximum absolute atomic E-state index is 13.2. The number of benzene rings is 1. The molecular weight excluding hydrogens is 336 g/mol. The molecule has 1 aromatic carbocycles. The normalized spacial score (nSPS) is 11.2. The average molecular weight is 349 g/mol. The Morgan fingerprint density at radius 2 is 1.96 bits per heavy atom. The van der Waals surface area contributed by atoms with Crippen molar-refractivity contribution in [1.29, 1.82) is 0 Å². The standard InChI is InChI=1S/C16H13F2N3O2S/c1-23-8-4-2-7(3-5-8)9-6-10(14(17)18)21-16-11(9)12(19)13(24-16)15(20)22/h2-6,14H,19H2,1H3,(H2,20,22). The summed E-state index contributed by atoms with van der Waals surface area (Å²) in [7, 11) is 1.53. The van der Waals surface area contributed by atoms with Gasteiger partial charge >= 0.3 is 0 Å². The van der Waals surface area contributed by atoms with Crippen molar-refractivity contribution in [2.45, 2.75) is 6.43 Å². The van der Waals surface area contributed by atoms with Crippen LogP contribution in [-0.4, -0.2) is 18.0 Å². The van der Waals surface area contributed by atoms with Gasteiger partial charge in [0, 0.05) is 5.39 Å². The van der Waals surface area contributed by atoms with Gasteiger partial charge in [-0.05, 0) is 29.3 Å². The molecule has 0 bridgehead atoms. The van der Waals surface area contributed by atoms with Crippen LogP contribution < -0.4 is 16.2 Å². The zero-order valence-corrected chi connectivity index (χ0v) is 13.4. The van der Waals surface area contributed by atoms with Gasteiger partial charge in [0.05, 0.1) is 12.8 Å². The van der Waals surface area contributed by atoms with Crippen LogP contribution in [0, 0.1) is 0 Å². The second-order valence-electron chi connectivity index (χ2n) is 5.01. The number of rotatable bonds is 4. The number of nitrogen functional groups attached to an aromatic ring is 1. The smallest absolute Gasteiger partial charge is 0.280 e. The van der Waals surface area contributed by atoms with Crippen LogP contribution in [0.15, 0.2) is 30.3 Å². The number of amides is 1. The summed E-state index contributed by atoms with van der Waals surface area (Å²) in [5.74, 6) is -0.0796. The Kier molecular flexibility index (Phi) is 4.06. The van der Waals surface area contributed by atoms with E-state index >= 15 is 0 Å². The van der Waals surface area contributed by atoms with Crippen LogP contribution in [0.25, 0.3) is 21.3 Å². The fourth-order valence-corrected chi connectivity index (χ4v) is 3.41. The topological polar surface area (TPSA) is 91.2 Å². The number of hydrogen-bond acceptors (Lipinski definition) is 5. The quantitative estimate of drug-likeness (QED) is 0.753. The molecule has 0 spiro atoms. The summed E-state index contributed by atoms with van der Waals surface area (Å²) in [5.41, 5.74) is 12.2.